The van der Waals surface area contributed by atoms with Crippen molar-refractivity contribution in [2.24, 2.45) is 23.7 Å². The highest BCUT2D eigenvalue weighted by Gasteiger charge is 2.55. The first-order valence-corrected chi connectivity index (χ1v) is 15.6. The van der Waals surface area contributed by atoms with Crippen molar-refractivity contribution in [3.8, 4) is 0 Å². The zero-order valence-electron chi connectivity index (χ0n) is 23.5. The van der Waals surface area contributed by atoms with Crippen LogP contribution in [0.3, 0.4) is 0 Å². The van der Waals surface area contributed by atoms with Crippen molar-refractivity contribution in [2.75, 3.05) is 13.7 Å². The number of rotatable bonds is 10. The van der Waals surface area contributed by atoms with Crippen LogP contribution in [0.1, 0.15) is 62.2 Å². The van der Waals surface area contributed by atoms with Gasteiger partial charge in [0.2, 0.25) is 0 Å². The minimum atomic E-state index is -0.418. The number of methoxy groups -OCH3 is 1. The first kappa shape index (κ1) is 31.6. The SMILES string of the molecule is CCCCCC(=O)/C=C/[C@@H]1C2CC(=O)O[C@H]2C[C@H]1OC(=O)c1ccccc1.COCC1C2CC(=O)O[C@H]2C(I)[C@H]1O. The Morgan fingerprint density at radius 3 is 2.49 bits per heavy atom. The highest BCUT2D eigenvalue weighted by atomic mass is 127. The molecule has 2 saturated heterocycles. The number of carbonyl (C=O) groups excluding carboxylic acids is 4. The van der Waals surface area contributed by atoms with Gasteiger partial charge in [-0.05, 0) is 24.6 Å². The molecule has 41 heavy (non-hydrogen) atoms. The second kappa shape index (κ2) is 14.7. The highest BCUT2D eigenvalue weighted by Crippen LogP contribution is 2.45. The monoisotopic (exact) mass is 682 g/mol. The third-order valence-corrected chi connectivity index (χ3v) is 9.88. The van der Waals surface area contributed by atoms with Gasteiger partial charge in [0.15, 0.2) is 5.78 Å². The number of ketones is 1. The van der Waals surface area contributed by atoms with Crippen molar-refractivity contribution in [1.82, 2.24) is 0 Å². The zero-order valence-corrected chi connectivity index (χ0v) is 25.6. The van der Waals surface area contributed by atoms with Gasteiger partial charge in [0, 0.05) is 43.6 Å². The number of carbonyl (C=O) groups is 4. The van der Waals surface area contributed by atoms with Crippen LogP contribution in [0.5, 0.6) is 0 Å². The van der Waals surface area contributed by atoms with Crippen LogP contribution in [0.4, 0.5) is 0 Å². The quantitative estimate of drug-likeness (QED) is 0.0965. The minimum Gasteiger partial charge on any atom is -0.462 e. The number of alkyl halides is 1. The van der Waals surface area contributed by atoms with Crippen LogP contribution < -0.4 is 0 Å². The van der Waals surface area contributed by atoms with Crippen LogP contribution in [0.15, 0.2) is 42.5 Å². The molecule has 4 unspecified atom stereocenters. The van der Waals surface area contributed by atoms with Gasteiger partial charge in [0.05, 0.1) is 35.0 Å². The summed E-state index contributed by atoms with van der Waals surface area (Å²) in [6.45, 7) is 2.60. The number of hydrogen-bond donors (Lipinski definition) is 1. The van der Waals surface area contributed by atoms with Gasteiger partial charge in [-0.3, -0.25) is 14.4 Å². The summed E-state index contributed by atoms with van der Waals surface area (Å²) in [5, 5.41) is 9.90. The average Bonchev–Trinajstić information content (AvgIpc) is 3.66. The number of aliphatic hydroxyl groups is 1. The summed E-state index contributed by atoms with van der Waals surface area (Å²) in [6, 6.07) is 8.83. The fourth-order valence-corrected chi connectivity index (χ4v) is 7.52. The number of aliphatic hydroxyl groups excluding tert-OH is 1. The molecule has 10 heteroatoms. The molecule has 9 nitrogen and oxygen atoms in total. The fraction of sp³-hybridized carbons (Fsp3) is 0.613. The lowest BCUT2D eigenvalue weighted by Crippen LogP contribution is -2.29. The topological polar surface area (TPSA) is 125 Å². The van der Waals surface area contributed by atoms with Crippen molar-refractivity contribution < 1.29 is 43.2 Å². The van der Waals surface area contributed by atoms with Crippen molar-refractivity contribution >= 4 is 46.3 Å². The van der Waals surface area contributed by atoms with Crippen molar-refractivity contribution in [3.05, 3.63) is 48.0 Å². The van der Waals surface area contributed by atoms with E-state index < -0.39 is 6.10 Å². The Labute approximate surface area is 254 Å². The molecule has 1 aromatic carbocycles. The van der Waals surface area contributed by atoms with Gasteiger partial charge in [0.1, 0.15) is 18.3 Å². The first-order chi connectivity index (χ1) is 19.7. The molecule has 4 fully saturated rings. The lowest BCUT2D eigenvalue weighted by atomic mass is 9.91. The molecule has 0 bridgehead atoms. The van der Waals surface area contributed by atoms with Gasteiger partial charge >= 0.3 is 17.9 Å². The molecule has 5 rings (SSSR count). The largest absolute Gasteiger partial charge is 0.462 e. The summed E-state index contributed by atoms with van der Waals surface area (Å²) in [4.78, 5) is 47.3. The van der Waals surface area contributed by atoms with E-state index in [1.54, 1.807) is 37.5 Å². The maximum absolute atomic E-state index is 12.4. The van der Waals surface area contributed by atoms with E-state index in [4.69, 9.17) is 18.9 Å². The Morgan fingerprint density at radius 1 is 1.07 bits per heavy atom. The van der Waals surface area contributed by atoms with Crippen molar-refractivity contribution in [3.63, 3.8) is 0 Å². The average molecular weight is 683 g/mol. The van der Waals surface area contributed by atoms with E-state index in [-0.39, 0.29) is 69.6 Å². The van der Waals surface area contributed by atoms with Crippen molar-refractivity contribution in [2.45, 2.75) is 80.2 Å². The van der Waals surface area contributed by atoms with E-state index in [2.05, 4.69) is 29.5 Å². The van der Waals surface area contributed by atoms with Crippen LogP contribution >= 0.6 is 22.6 Å². The molecule has 2 aliphatic carbocycles. The van der Waals surface area contributed by atoms with Gasteiger partial charge in [-0.25, -0.2) is 4.79 Å². The predicted molar refractivity (Wildman–Crippen MR) is 157 cm³/mol. The van der Waals surface area contributed by atoms with E-state index in [9.17, 15) is 24.3 Å². The van der Waals surface area contributed by atoms with Crippen LogP contribution in [-0.4, -0.2) is 70.9 Å². The third kappa shape index (κ3) is 7.75. The second-order valence-corrected chi connectivity index (χ2v) is 12.6. The van der Waals surface area contributed by atoms with Crippen LogP contribution in [0.25, 0.3) is 0 Å². The Hall–Kier alpha value is -2.31. The van der Waals surface area contributed by atoms with Gasteiger partial charge in [-0.1, -0.05) is 66.6 Å². The van der Waals surface area contributed by atoms with Gasteiger partial charge in [-0.15, -0.1) is 0 Å². The number of unbranched alkanes of at least 4 members (excludes halogenated alkanes) is 2. The molecular weight excluding hydrogens is 643 g/mol. The molecule has 0 aromatic heterocycles. The molecule has 1 aromatic rings. The van der Waals surface area contributed by atoms with E-state index in [0.717, 1.165) is 19.3 Å². The molecular formula is C31H39IO9. The standard InChI is InChI=1S/C22H26O5.C9H13IO4/c1-2-3-5-10-16(23)11-12-17-18-13-21(24)26-20(18)14-19(17)27-22(25)15-8-6-4-7-9-15;1-13-3-5-4-2-6(11)14-9(4)7(10)8(5)12/h4,6-9,11-12,17-20H,2-3,5,10,13-14H2,1H3;4-5,7-9,12H,2-3H2,1H3/b12-11+;/t17-,18?,19-,20+;4?,5?,7?,8-,9+/m10/s1. The number of halogens is 1. The lowest BCUT2D eigenvalue weighted by molar-refractivity contribution is -0.142. The molecule has 0 spiro atoms. The van der Waals surface area contributed by atoms with E-state index in [1.165, 1.54) is 0 Å². The Kier molecular flexibility index (Phi) is 11.4. The fourth-order valence-electron chi connectivity index (χ4n) is 6.31. The smallest absolute Gasteiger partial charge is 0.338 e. The summed E-state index contributed by atoms with van der Waals surface area (Å²) in [7, 11) is 1.61. The molecule has 1 N–H and O–H groups in total. The molecule has 2 aliphatic heterocycles. The Balaban J connectivity index is 0.000000231. The molecule has 0 radical (unpaired) electrons. The number of fused-ring (bicyclic) bond motifs is 2. The molecule has 224 valence electrons. The Morgan fingerprint density at radius 2 is 1.78 bits per heavy atom. The molecule has 2 heterocycles. The number of benzene rings is 1. The minimum absolute atomic E-state index is 0.00389. The molecule has 9 atom stereocenters. The Bertz CT molecular complexity index is 1110. The summed E-state index contributed by atoms with van der Waals surface area (Å²) in [5.74, 6) is -0.710. The summed E-state index contributed by atoms with van der Waals surface area (Å²) < 4.78 is 21.3. The van der Waals surface area contributed by atoms with Gasteiger partial charge in [-0.2, -0.15) is 0 Å². The maximum Gasteiger partial charge on any atom is 0.338 e. The normalized spacial score (nSPS) is 33.5. The number of hydrogen-bond acceptors (Lipinski definition) is 9. The summed E-state index contributed by atoms with van der Waals surface area (Å²) >= 11 is 2.16. The zero-order chi connectivity index (χ0) is 29.5. The van der Waals surface area contributed by atoms with Gasteiger partial charge in [0.25, 0.3) is 0 Å². The van der Waals surface area contributed by atoms with E-state index in [1.807, 2.05) is 12.1 Å². The highest BCUT2D eigenvalue weighted by molar-refractivity contribution is 14.1. The lowest BCUT2D eigenvalue weighted by Gasteiger charge is -2.20. The third-order valence-electron chi connectivity index (χ3n) is 8.43. The van der Waals surface area contributed by atoms with E-state index in [0.29, 0.717) is 37.9 Å². The van der Waals surface area contributed by atoms with Crippen LogP contribution in [0, 0.1) is 23.7 Å². The van der Waals surface area contributed by atoms with Crippen LogP contribution in [-0.2, 0) is 33.3 Å². The molecule has 0 amide bonds. The number of esters is 3. The molecule has 4 aliphatic rings. The number of allylic oxidation sites excluding steroid dienone is 1. The second-order valence-electron chi connectivity index (χ2n) is 11.2. The first-order valence-electron chi connectivity index (χ1n) is 14.4. The van der Waals surface area contributed by atoms with E-state index >= 15 is 0 Å². The summed E-state index contributed by atoms with van der Waals surface area (Å²) in [6.07, 6.45) is 6.98. The maximum atomic E-state index is 12.4. The molecule has 2 saturated carbocycles. The van der Waals surface area contributed by atoms with Crippen molar-refractivity contribution in [1.29, 1.82) is 0 Å². The predicted octanol–water partition coefficient (Wildman–Crippen LogP) is 4.23. The number of ether oxygens (including phenoxy) is 4. The summed E-state index contributed by atoms with van der Waals surface area (Å²) in [5.41, 5.74) is 0.491. The van der Waals surface area contributed by atoms with Crippen LogP contribution in [0.2, 0.25) is 0 Å². The van der Waals surface area contributed by atoms with Gasteiger partial charge < -0.3 is 24.1 Å².